The summed E-state index contributed by atoms with van der Waals surface area (Å²) in [5.41, 5.74) is 0. The minimum Gasteiger partial charge on any atom is -0.756 e. The Bertz CT molecular complexity index is 1620. The summed E-state index contributed by atoms with van der Waals surface area (Å²) in [6.07, 6.45) is 75.9. The number of rotatable bonds is 53. The highest BCUT2D eigenvalue weighted by atomic mass is 31.2. The second-order valence-electron chi connectivity index (χ2n) is 20.6. The standard InChI is InChI=1S/C64H110NO8P/c1-6-8-10-12-14-16-18-19-20-21-22-23-24-25-26-27-28-29-30-31-32-33-34-35-36-37-38-39-40-41-42-43-44-45-47-49-51-53-55-57-64(67)73-62(61-72-74(68,69)71-59-58-65(3,4)5)60-70-63(66)56-54-52-50-48-46-17-15-13-11-9-7-2/h8,10,13-16,19-20,22-23,25-26,28-29,31-32,34-35,62H,6-7,9,11-12,17-18,21,24,27,30,33,36-61H2,1-5H3/b10-8-,15-13-,16-14-,20-19-,23-22-,26-25-,29-28-,32-31-,35-34-. The van der Waals surface area contributed by atoms with Crippen molar-refractivity contribution in [2.45, 2.75) is 238 Å². The van der Waals surface area contributed by atoms with E-state index in [1.165, 1.54) is 83.5 Å². The first-order valence-corrected chi connectivity index (χ1v) is 31.1. The van der Waals surface area contributed by atoms with E-state index >= 15 is 0 Å². The molecule has 424 valence electrons. The molecule has 0 radical (unpaired) electrons. The van der Waals surface area contributed by atoms with Gasteiger partial charge in [0, 0.05) is 12.8 Å². The normalized spacial score (nSPS) is 14.1. The van der Waals surface area contributed by atoms with Crippen LogP contribution in [0, 0.1) is 0 Å². The third-order valence-corrected chi connectivity index (χ3v) is 13.2. The summed E-state index contributed by atoms with van der Waals surface area (Å²) in [6, 6.07) is 0. The molecule has 0 spiro atoms. The number of allylic oxidation sites excluding steroid dienone is 18. The highest BCUT2D eigenvalue weighted by Crippen LogP contribution is 2.38. The molecule has 9 nitrogen and oxygen atoms in total. The first-order chi connectivity index (χ1) is 36.0. The van der Waals surface area contributed by atoms with E-state index in [-0.39, 0.29) is 26.1 Å². The highest BCUT2D eigenvalue weighted by molar-refractivity contribution is 7.45. The van der Waals surface area contributed by atoms with E-state index in [1.807, 2.05) is 21.1 Å². The number of hydrogen-bond acceptors (Lipinski definition) is 8. The van der Waals surface area contributed by atoms with E-state index < -0.39 is 32.5 Å². The molecule has 0 aromatic heterocycles. The van der Waals surface area contributed by atoms with Crippen LogP contribution in [0.2, 0.25) is 0 Å². The third kappa shape index (κ3) is 57.9. The molecule has 0 amide bonds. The molecule has 0 fully saturated rings. The van der Waals surface area contributed by atoms with E-state index in [4.69, 9.17) is 18.5 Å². The Balaban J connectivity index is 4.00. The topological polar surface area (TPSA) is 111 Å². The second-order valence-corrected chi connectivity index (χ2v) is 22.0. The summed E-state index contributed by atoms with van der Waals surface area (Å²) in [6.45, 7) is 4.06. The second kappa shape index (κ2) is 54.5. The Morgan fingerprint density at radius 3 is 1.16 bits per heavy atom. The van der Waals surface area contributed by atoms with Crippen LogP contribution in [0.5, 0.6) is 0 Å². The Hall–Kier alpha value is -3.33. The molecule has 0 aliphatic heterocycles. The molecule has 10 heteroatoms. The number of carbonyl (C=O) groups excluding carboxylic acids is 2. The molecule has 0 aliphatic rings. The summed E-state index contributed by atoms with van der Waals surface area (Å²) < 4.78 is 34.0. The number of phosphoric acid groups is 1. The molecular formula is C64H110NO8P. The van der Waals surface area contributed by atoms with Gasteiger partial charge < -0.3 is 27.9 Å². The third-order valence-electron chi connectivity index (χ3n) is 12.3. The summed E-state index contributed by atoms with van der Waals surface area (Å²) in [5.74, 6) is -0.848. The number of hydrogen-bond donors (Lipinski definition) is 0. The molecule has 0 aliphatic carbocycles. The van der Waals surface area contributed by atoms with Crippen molar-refractivity contribution in [2.24, 2.45) is 0 Å². The van der Waals surface area contributed by atoms with Crippen LogP contribution in [0.1, 0.15) is 232 Å². The first kappa shape index (κ1) is 70.7. The van der Waals surface area contributed by atoms with Crippen molar-refractivity contribution in [1.82, 2.24) is 0 Å². The fourth-order valence-electron chi connectivity index (χ4n) is 7.71. The first-order valence-electron chi connectivity index (χ1n) is 29.6. The summed E-state index contributed by atoms with van der Waals surface area (Å²) in [7, 11) is 1.15. The zero-order valence-electron chi connectivity index (χ0n) is 48.0. The van der Waals surface area contributed by atoms with Crippen LogP contribution in [-0.2, 0) is 32.7 Å². The predicted octanol–water partition coefficient (Wildman–Crippen LogP) is 18.0. The van der Waals surface area contributed by atoms with Gasteiger partial charge >= 0.3 is 11.9 Å². The quantitative estimate of drug-likeness (QED) is 0.0195. The summed E-state index contributed by atoms with van der Waals surface area (Å²) in [5, 5.41) is 0. The Morgan fingerprint density at radius 1 is 0.432 bits per heavy atom. The Labute approximate surface area is 455 Å². The van der Waals surface area contributed by atoms with Crippen LogP contribution < -0.4 is 4.89 Å². The predicted molar refractivity (Wildman–Crippen MR) is 314 cm³/mol. The van der Waals surface area contributed by atoms with Crippen molar-refractivity contribution in [3.63, 3.8) is 0 Å². The van der Waals surface area contributed by atoms with Crippen molar-refractivity contribution >= 4 is 19.8 Å². The largest absolute Gasteiger partial charge is 0.756 e. The van der Waals surface area contributed by atoms with Gasteiger partial charge in [-0.05, 0) is 96.3 Å². The van der Waals surface area contributed by atoms with Crippen LogP contribution in [0.4, 0.5) is 0 Å². The molecule has 0 saturated carbocycles. The fraction of sp³-hybridized carbons (Fsp3) is 0.688. The minimum absolute atomic E-state index is 0.0355. The number of phosphoric ester groups is 1. The molecule has 2 unspecified atom stereocenters. The fourth-order valence-corrected chi connectivity index (χ4v) is 8.44. The lowest BCUT2D eigenvalue weighted by Gasteiger charge is -2.28. The van der Waals surface area contributed by atoms with Gasteiger partial charge in [0.15, 0.2) is 6.10 Å². The van der Waals surface area contributed by atoms with Gasteiger partial charge in [-0.2, -0.15) is 0 Å². The van der Waals surface area contributed by atoms with Crippen molar-refractivity contribution in [3.05, 3.63) is 109 Å². The van der Waals surface area contributed by atoms with Gasteiger partial charge in [-0.25, -0.2) is 0 Å². The average molecular weight is 1050 g/mol. The van der Waals surface area contributed by atoms with E-state index in [2.05, 4.69) is 123 Å². The number of likely N-dealkylation sites (N-methyl/N-ethyl adjacent to an activating group) is 1. The van der Waals surface area contributed by atoms with Gasteiger partial charge in [0.25, 0.3) is 7.82 Å². The number of carbonyl (C=O) groups is 2. The van der Waals surface area contributed by atoms with Gasteiger partial charge in [0.2, 0.25) is 0 Å². The number of esters is 2. The Morgan fingerprint density at radius 2 is 0.770 bits per heavy atom. The lowest BCUT2D eigenvalue weighted by molar-refractivity contribution is -0.870. The van der Waals surface area contributed by atoms with Crippen LogP contribution in [-0.4, -0.2) is 70.0 Å². The molecule has 2 atom stereocenters. The van der Waals surface area contributed by atoms with E-state index in [9.17, 15) is 19.0 Å². The van der Waals surface area contributed by atoms with Gasteiger partial charge in [-0.3, -0.25) is 14.2 Å². The highest BCUT2D eigenvalue weighted by Gasteiger charge is 2.21. The molecule has 0 bridgehead atoms. The smallest absolute Gasteiger partial charge is 0.306 e. The van der Waals surface area contributed by atoms with Gasteiger partial charge in [0.1, 0.15) is 19.8 Å². The lowest BCUT2D eigenvalue weighted by Crippen LogP contribution is -2.37. The minimum atomic E-state index is -4.64. The maximum Gasteiger partial charge on any atom is 0.306 e. The monoisotopic (exact) mass is 1050 g/mol. The summed E-state index contributed by atoms with van der Waals surface area (Å²) >= 11 is 0. The SMILES string of the molecule is CC/C=C\C/C=C\C/C=C\C/C=C\C/C=C\C/C=C\C/C=C\C/C=C\CCCCCCCCCCCCCCCCC(=O)OC(COC(=O)CCCCCCC/C=C\CCCC)COP(=O)([O-])OCC[N+](C)(C)C. The van der Waals surface area contributed by atoms with Crippen LogP contribution in [0.3, 0.4) is 0 Å². The molecule has 0 heterocycles. The Kier molecular flexibility index (Phi) is 52.0. The lowest BCUT2D eigenvalue weighted by atomic mass is 10.0. The van der Waals surface area contributed by atoms with Gasteiger partial charge in [0.05, 0.1) is 27.7 Å². The molecule has 0 rings (SSSR count). The molecule has 74 heavy (non-hydrogen) atoms. The van der Waals surface area contributed by atoms with Gasteiger partial charge in [-0.15, -0.1) is 0 Å². The number of quaternary nitrogens is 1. The van der Waals surface area contributed by atoms with Crippen LogP contribution in [0.15, 0.2) is 109 Å². The van der Waals surface area contributed by atoms with Crippen molar-refractivity contribution in [3.8, 4) is 0 Å². The zero-order chi connectivity index (χ0) is 54.2. The summed E-state index contributed by atoms with van der Waals surface area (Å²) in [4.78, 5) is 37.7. The van der Waals surface area contributed by atoms with Crippen LogP contribution in [0.25, 0.3) is 0 Å². The molecular weight excluding hydrogens is 942 g/mol. The van der Waals surface area contributed by atoms with Gasteiger partial charge in [-0.1, -0.05) is 232 Å². The van der Waals surface area contributed by atoms with E-state index in [0.29, 0.717) is 17.4 Å². The maximum atomic E-state index is 12.8. The average Bonchev–Trinajstić information content (AvgIpc) is 3.36. The maximum absolute atomic E-state index is 12.8. The number of nitrogens with zero attached hydrogens (tertiary/aromatic N) is 1. The van der Waals surface area contributed by atoms with Crippen molar-refractivity contribution in [2.75, 3.05) is 47.5 Å². The van der Waals surface area contributed by atoms with E-state index in [0.717, 1.165) is 116 Å². The van der Waals surface area contributed by atoms with Crippen molar-refractivity contribution in [1.29, 1.82) is 0 Å². The van der Waals surface area contributed by atoms with E-state index in [1.54, 1.807) is 0 Å². The molecule has 0 aromatic carbocycles. The molecule has 0 saturated heterocycles. The van der Waals surface area contributed by atoms with Crippen molar-refractivity contribution < 1.29 is 42.1 Å². The molecule has 0 N–H and O–H groups in total. The number of unbranched alkanes of at least 4 members (excludes halogenated alkanes) is 21. The molecule has 0 aromatic rings. The van der Waals surface area contributed by atoms with Crippen LogP contribution >= 0.6 is 7.82 Å². The number of ether oxygens (including phenoxy) is 2. The zero-order valence-corrected chi connectivity index (χ0v) is 48.9.